The van der Waals surface area contributed by atoms with E-state index in [4.69, 9.17) is 9.47 Å². The number of rotatable bonds is 6. The summed E-state index contributed by atoms with van der Waals surface area (Å²) >= 11 is 0. The molecule has 0 radical (unpaired) electrons. The van der Waals surface area contributed by atoms with Crippen LogP contribution in [0.15, 0.2) is 60.7 Å². The van der Waals surface area contributed by atoms with Crippen LogP contribution in [0.1, 0.15) is 24.0 Å². The number of ether oxygens (including phenoxy) is 2. The van der Waals surface area contributed by atoms with Crippen LogP contribution in [0.5, 0.6) is 0 Å². The van der Waals surface area contributed by atoms with Gasteiger partial charge < -0.3 is 14.8 Å². The minimum absolute atomic E-state index is 0.211. The number of esters is 1. The average Bonchev–Trinajstić information content (AvgIpc) is 2.63. The lowest BCUT2D eigenvalue weighted by atomic mass is 9.79. The van der Waals surface area contributed by atoms with Crippen molar-refractivity contribution in [1.29, 1.82) is 0 Å². The van der Waals surface area contributed by atoms with Crippen molar-refractivity contribution in [2.75, 3.05) is 0 Å². The van der Waals surface area contributed by atoms with Gasteiger partial charge in [-0.05, 0) is 24.0 Å². The molecule has 0 bridgehead atoms. The Kier molecular flexibility index (Phi) is 5.67. The highest BCUT2D eigenvalue weighted by Gasteiger charge is 2.39. The van der Waals surface area contributed by atoms with E-state index in [1.54, 1.807) is 0 Å². The minimum Gasteiger partial charge on any atom is -0.461 e. The Labute approximate surface area is 147 Å². The molecule has 0 spiro atoms. The highest BCUT2D eigenvalue weighted by molar-refractivity contribution is 5.76. The van der Waals surface area contributed by atoms with E-state index in [-0.39, 0.29) is 31.1 Å². The maximum absolute atomic E-state index is 12.2. The topological polar surface area (TPSA) is 64.6 Å². The number of hydrogen-bond donors (Lipinski definition) is 1. The van der Waals surface area contributed by atoms with Gasteiger partial charge in [0.05, 0.1) is 5.92 Å². The number of nitrogens with one attached hydrogen (secondary N) is 1. The maximum atomic E-state index is 12.2. The number of benzene rings is 2. The average molecular weight is 339 g/mol. The second-order valence-corrected chi connectivity index (χ2v) is 6.09. The van der Waals surface area contributed by atoms with Gasteiger partial charge in [-0.3, -0.25) is 4.79 Å². The lowest BCUT2D eigenvalue weighted by molar-refractivity contribution is -0.154. The van der Waals surface area contributed by atoms with Crippen molar-refractivity contribution in [3.63, 3.8) is 0 Å². The van der Waals surface area contributed by atoms with Crippen molar-refractivity contribution in [3.05, 3.63) is 71.8 Å². The van der Waals surface area contributed by atoms with E-state index in [1.807, 2.05) is 60.7 Å². The summed E-state index contributed by atoms with van der Waals surface area (Å²) in [5.41, 5.74) is 1.87. The lowest BCUT2D eigenvalue weighted by Crippen LogP contribution is -2.50. The minimum atomic E-state index is -0.505. The molecule has 1 amide bonds. The molecule has 5 nitrogen and oxygen atoms in total. The van der Waals surface area contributed by atoms with Crippen LogP contribution in [0.3, 0.4) is 0 Å². The highest BCUT2D eigenvalue weighted by atomic mass is 16.5. The monoisotopic (exact) mass is 339 g/mol. The summed E-state index contributed by atoms with van der Waals surface area (Å²) in [6.45, 7) is 0.462. The molecule has 2 atom stereocenters. The van der Waals surface area contributed by atoms with E-state index in [9.17, 15) is 9.59 Å². The molecule has 5 heteroatoms. The van der Waals surface area contributed by atoms with Gasteiger partial charge in [-0.1, -0.05) is 60.7 Å². The van der Waals surface area contributed by atoms with E-state index < -0.39 is 6.09 Å². The van der Waals surface area contributed by atoms with Crippen molar-refractivity contribution < 1.29 is 19.1 Å². The van der Waals surface area contributed by atoms with E-state index in [0.717, 1.165) is 24.0 Å². The Hall–Kier alpha value is -2.82. The van der Waals surface area contributed by atoms with Crippen LogP contribution in [-0.4, -0.2) is 18.1 Å². The molecule has 130 valence electrons. The first-order valence-corrected chi connectivity index (χ1v) is 8.40. The van der Waals surface area contributed by atoms with E-state index in [1.165, 1.54) is 0 Å². The fourth-order valence-corrected chi connectivity index (χ4v) is 2.71. The van der Waals surface area contributed by atoms with E-state index in [2.05, 4.69) is 5.32 Å². The summed E-state index contributed by atoms with van der Waals surface area (Å²) in [4.78, 5) is 24.0. The Balaban J connectivity index is 1.41. The van der Waals surface area contributed by atoms with Crippen molar-refractivity contribution in [1.82, 2.24) is 5.32 Å². The van der Waals surface area contributed by atoms with Crippen molar-refractivity contribution >= 4 is 12.1 Å². The van der Waals surface area contributed by atoms with Gasteiger partial charge in [0, 0.05) is 6.04 Å². The van der Waals surface area contributed by atoms with Crippen molar-refractivity contribution in [2.45, 2.75) is 32.1 Å². The second kappa shape index (κ2) is 8.33. The summed E-state index contributed by atoms with van der Waals surface area (Å²) in [6, 6.07) is 18.8. The normalized spacial score (nSPS) is 18.7. The number of alkyl carbamates (subject to hydrolysis) is 1. The third kappa shape index (κ3) is 4.83. The van der Waals surface area contributed by atoms with Crippen molar-refractivity contribution in [3.8, 4) is 0 Å². The molecule has 0 unspecified atom stereocenters. The van der Waals surface area contributed by atoms with Crippen LogP contribution < -0.4 is 5.32 Å². The maximum Gasteiger partial charge on any atom is 0.407 e. The van der Waals surface area contributed by atoms with Gasteiger partial charge >= 0.3 is 12.1 Å². The summed E-state index contributed by atoms with van der Waals surface area (Å²) in [6.07, 6.45) is 0.970. The van der Waals surface area contributed by atoms with Crippen LogP contribution in [0.2, 0.25) is 0 Å². The summed E-state index contributed by atoms with van der Waals surface area (Å²) in [7, 11) is 0. The molecular formula is C20H21NO4. The predicted molar refractivity (Wildman–Crippen MR) is 92.5 cm³/mol. The molecule has 1 aliphatic rings. The zero-order valence-electron chi connectivity index (χ0n) is 13.9. The first-order valence-electron chi connectivity index (χ1n) is 8.40. The standard InChI is InChI=1S/C20H21NO4/c22-19(24-13-15-7-3-1-4-8-15)17-11-12-18(17)21-20(23)25-14-16-9-5-2-6-10-16/h1-10,17-18H,11-14H2,(H,21,23)/t17-,18+/m1/s1. The third-order valence-electron chi connectivity index (χ3n) is 4.32. The SMILES string of the molecule is O=C(N[C@H]1CC[C@H]1C(=O)OCc1ccccc1)OCc1ccccc1. The molecule has 3 rings (SSSR count). The largest absolute Gasteiger partial charge is 0.461 e. The molecule has 2 aromatic carbocycles. The van der Waals surface area contributed by atoms with Gasteiger partial charge in [0.15, 0.2) is 0 Å². The molecule has 0 heterocycles. The van der Waals surface area contributed by atoms with Crippen LogP contribution >= 0.6 is 0 Å². The molecule has 1 saturated carbocycles. The van der Waals surface area contributed by atoms with Crippen LogP contribution in [0.4, 0.5) is 4.79 Å². The second-order valence-electron chi connectivity index (χ2n) is 6.09. The highest BCUT2D eigenvalue weighted by Crippen LogP contribution is 2.29. The Morgan fingerprint density at radius 2 is 1.40 bits per heavy atom. The molecular weight excluding hydrogens is 318 g/mol. The first-order chi connectivity index (χ1) is 12.2. The fourth-order valence-electron chi connectivity index (χ4n) is 2.71. The van der Waals surface area contributed by atoms with Gasteiger partial charge in [0.1, 0.15) is 13.2 Å². The Bertz CT molecular complexity index is 702. The number of carbonyl (C=O) groups is 2. The molecule has 1 aliphatic carbocycles. The number of hydrogen-bond acceptors (Lipinski definition) is 4. The molecule has 1 N–H and O–H groups in total. The lowest BCUT2D eigenvalue weighted by Gasteiger charge is -2.34. The number of carbonyl (C=O) groups excluding carboxylic acids is 2. The van der Waals surface area contributed by atoms with Crippen LogP contribution in [0.25, 0.3) is 0 Å². The van der Waals surface area contributed by atoms with Gasteiger partial charge in [0.25, 0.3) is 0 Å². The third-order valence-corrected chi connectivity index (χ3v) is 4.32. The van der Waals surface area contributed by atoms with Gasteiger partial charge in [0.2, 0.25) is 0 Å². The molecule has 0 aliphatic heterocycles. The molecule has 0 aromatic heterocycles. The van der Waals surface area contributed by atoms with Gasteiger partial charge in [-0.2, -0.15) is 0 Å². The first kappa shape index (κ1) is 17.0. The Morgan fingerprint density at radius 3 is 1.92 bits per heavy atom. The smallest absolute Gasteiger partial charge is 0.407 e. The van der Waals surface area contributed by atoms with E-state index in [0.29, 0.717) is 0 Å². The van der Waals surface area contributed by atoms with E-state index >= 15 is 0 Å². The zero-order valence-corrected chi connectivity index (χ0v) is 13.9. The summed E-state index contributed by atoms with van der Waals surface area (Å²) in [5, 5.41) is 2.75. The molecule has 2 aromatic rings. The Morgan fingerprint density at radius 1 is 0.840 bits per heavy atom. The number of amides is 1. The van der Waals surface area contributed by atoms with Crippen molar-refractivity contribution in [2.24, 2.45) is 5.92 Å². The molecule has 1 fully saturated rings. The van der Waals surface area contributed by atoms with Crippen LogP contribution in [0, 0.1) is 5.92 Å². The van der Waals surface area contributed by atoms with Crippen LogP contribution in [-0.2, 0) is 27.5 Å². The predicted octanol–water partition coefficient (Wildman–Crippen LogP) is 3.43. The van der Waals surface area contributed by atoms with Gasteiger partial charge in [-0.25, -0.2) is 4.79 Å². The molecule has 0 saturated heterocycles. The quantitative estimate of drug-likeness (QED) is 0.819. The molecule has 25 heavy (non-hydrogen) atoms. The summed E-state index contributed by atoms with van der Waals surface area (Å²) < 4.78 is 10.5. The fraction of sp³-hybridized carbons (Fsp3) is 0.300. The zero-order chi connectivity index (χ0) is 17.5. The summed E-state index contributed by atoms with van der Waals surface area (Å²) in [5.74, 6) is -0.573. The van der Waals surface area contributed by atoms with Gasteiger partial charge in [-0.15, -0.1) is 0 Å².